The predicted octanol–water partition coefficient (Wildman–Crippen LogP) is 3.75. The van der Waals surface area contributed by atoms with Crippen LogP contribution in [0.1, 0.15) is 12.1 Å². The van der Waals surface area contributed by atoms with Crippen LogP contribution in [0.15, 0.2) is 42.7 Å². The lowest BCUT2D eigenvalue weighted by atomic mass is 10.2. The number of rotatable bonds is 4. The Morgan fingerprint density at radius 1 is 1.14 bits per heavy atom. The number of halogens is 2. The number of fused-ring (bicyclic) bond motifs is 1. The highest BCUT2D eigenvalue weighted by molar-refractivity contribution is 6.30. The molecular weight excluding hydrogens is 385 g/mol. The van der Waals surface area contributed by atoms with Crippen molar-refractivity contribution in [3.05, 3.63) is 69.4 Å². The highest BCUT2D eigenvalue weighted by Crippen LogP contribution is 2.29. The number of aromatic nitrogens is 2. The molecule has 0 atom stereocenters. The summed E-state index contributed by atoms with van der Waals surface area (Å²) >= 11 is 6.02. The van der Waals surface area contributed by atoms with Gasteiger partial charge in [-0.15, -0.1) is 0 Å². The van der Waals surface area contributed by atoms with Crippen LogP contribution in [0.4, 0.5) is 15.8 Å². The van der Waals surface area contributed by atoms with E-state index in [0.717, 1.165) is 36.9 Å². The Balaban J connectivity index is 1.47. The van der Waals surface area contributed by atoms with Gasteiger partial charge in [-0.2, -0.15) is 0 Å². The summed E-state index contributed by atoms with van der Waals surface area (Å²) in [6.07, 6.45) is 4.65. The Kier molecular flexibility index (Phi) is 5.15. The minimum Gasteiger partial charge on any atom is -0.365 e. The molecule has 3 aromatic rings. The van der Waals surface area contributed by atoms with Crippen molar-refractivity contribution in [2.24, 2.45) is 0 Å². The van der Waals surface area contributed by atoms with E-state index in [2.05, 4.69) is 9.88 Å². The molecule has 7 nitrogen and oxygen atoms in total. The van der Waals surface area contributed by atoms with Gasteiger partial charge in [0, 0.05) is 45.1 Å². The SMILES string of the molecule is O=[N+]([O-])c1cc(F)ccc1N1CCCN(Cc2cn3cc(Cl)ccc3n2)CC1. The van der Waals surface area contributed by atoms with Gasteiger partial charge in [0.25, 0.3) is 5.69 Å². The standard InChI is InChI=1S/C19H19ClFN5O2/c20-14-2-5-19-22-16(13-25(19)11-14)12-23-6-1-7-24(9-8-23)17-4-3-15(21)10-18(17)26(27)28/h2-5,10-11,13H,1,6-9,12H2. The van der Waals surface area contributed by atoms with Gasteiger partial charge in [-0.25, -0.2) is 9.37 Å². The van der Waals surface area contributed by atoms with E-state index in [4.69, 9.17) is 11.6 Å². The summed E-state index contributed by atoms with van der Waals surface area (Å²) in [5.41, 5.74) is 2.07. The van der Waals surface area contributed by atoms with Crippen molar-refractivity contribution in [2.45, 2.75) is 13.0 Å². The number of nitrogens with zero attached hydrogens (tertiary/aromatic N) is 5. The Bertz CT molecular complexity index is 1020. The van der Waals surface area contributed by atoms with Crippen LogP contribution in [0.5, 0.6) is 0 Å². The molecule has 0 radical (unpaired) electrons. The van der Waals surface area contributed by atoms with E-state index < -0.39 is 10.7 Å². The molecule has 1 saturated heterocycles. The van der Waals surface area contributed by atoms with Gasteiger partial charge in [0.2, 0.25) is 0 Å². The molecule has 146 valence electrons. The van der Waals surface area contributed by atoms with Gasteiger partial charge in [0.05, 0.1) is 21.7 Å². The summed E-state index contributed by atoms with van der Waals surface area (Å²) in [4.78, 5) is 19.6. The lowest BCUT2D eigenvalue weighted by molar-refractivity contribution is -0.384. The molecule has 4 rings (SSSR count). The smallest absolute Gasteiger partial charge is 0.295 e. The van der Waals surface area contributed by atoms with Crippen molar-refractivity contribution in [3.8, 4) is 0 Å². The van der Waals surface area contributed by atoms with Crippen molar-refractivity contribution in [3.63, 3.8) is 0 Å². The molecule has 0 spiro atoms. The molecule has 28 heavy (non-hydrogen) atoms. The van der Waals surface area contributed by atoms with Crippen LogP contribution in [0.2, 0.25) is 5.02 Å². The molecule has 9 heteroatoms. The summed E-state index contributed by atoms with van der Waals surface area (Å²) in [6, 6.07) is 7.44. The highest BCUT2D eigenvalue weighted by Gasteiger charge is 2.23. The second-order valence-electron chi connectivity index (χ2n) is 6.85. The number of nitro groups is 1. The fourth-order valence-electron chi connectivity index (χ4n) is 3.60. The first-order valence-corrected chi connectivity index (χ1v) is 9.42. The first kappa shape index (κ1) is 18.6. The van der Waals surface area contributed by atoms with Crippen LogP contribution < -0.4 is 4.90 Å². The summed E-state index contributed by atoms with van der Waals surface area (Å²) in [5.74, 6) is -0.598. The average molecular weight is 404 g/mol. The molecule has 1 fully saturated rings. The molecule has 0 saturated carbocycles. The zero-order valence-corrected chi connectivity index (χ0v) is 15.8. The monoisotopic (exact) mass is 403 g/mol. The third-order valence-electron chi connectivity index (χ3n) is 4.91. The first-order chi connectivity index (χ1) is 13.5. The number of pyridine rings is 1. The number of hydrogen-bond donors (Lipinski definition) is 0. The number of benzene rings is 1. The average Bonchev–Trinajstić information content (AvgIpc) is 2.90. The molecular formula is C19H19ClFN5O2. The highest BCUT2D eigenvalue weighted by atomic mass is 35.5. The normalized spacial score (nSPS) is 15.7. The van der Waals surface area contributed by atoms with Crippen LogP contribution in [-0.2, 0) is 6.54 Å². The van der Waals surface area contributed by atoms with Crippen molar-refractivity contribution >= 4 is 28.6 Å². The van der Waals surface area contributed by atoms with E-state index in [0.29, 0.717) is 30.3 Å². The van der Waals surface area contributed by atoms with Crippen molar-refractivity contribution < 1.29 is 9.31 Å². The molecule has 0 N–H and O–H groups in total. The van der Waals surface area contributed by atoms with E-state index in [-0.39, 0.29) is 5.69 Å². The largest absolute Gasteiger partial charge is 0.365 e. The Morgan fingerprint density at radius 2 is 2.00 bits per heavy atom. The van der Waals surface area contributed by atoms with E-state index in [1.54, 1.807) is 0 Å². The van der Waals surface area contributed by atoms with Crippen LogP contribution >= 0.6 is 11.6 Å². The maximum Gasteiger partial charge on any atom is 0.295 e. The Labute approximate surface area is 166 Å². The van der Waals surface area contributed by atoms with Gasteiger partial charge in [-0.3, -0.25) is 15.0 Å². The zero-order chi connectivity index (χ0) is 19.7. The quantitative estimate of drug-likeness (QED) is 0.490. The third kappa shape index (κ3) is 3.93. The molecule has 3 heterocycles. The molecule has 0 aliphatic carbocycles. The number of imidazole rings is 1. The summed E-state index contributed by atoms with van der Waals surface area (Å²) < 4.78 is 15.3. The number of hydrogen-bond acceptors (Lipinski definition) is 5. The summed E-state index contributed by atoms with van der Waals surface area (Å²) in [7, 11) is 0. The molecule has 0 bridgehead atoms. The van der Waals surface area contributed by atoms with Gasteiger partial charge in [-0.1, -0.05) is 11.6 Å². The molecule has 2 aromatic heterocycles. The minimum atomic E-state index is -0.598. The third-order valence-corrected chi connectivity index (χ3v) is 5.14. The van der Waals surface area contributed by atoms with Gasteiger partial charge in [0.15, 0.2) is 0 Å². The van der Waals surface area contributed by atoms with Crippen molar-refractivity contribution in [1.29, 1.82) is 0 Å². The Morgan fingerprint density at radius 3 is 2.82 bits per heavy atom. The molecule has 1 aliphatic rings. The zero-order valence-electron chi connectivity index (χ0n) is 15.1. The molecule has 1 aromatic carbocycles. The van der Waals surface area contributed by atoms with Crippen molar-refractivity contribution in [1.82, 2.24) is 14.3 Å². The first-order valence-electron chi connectivity index (χ1n) is 9.04. The molecule has 1 aliphatic heterocycles. The van der Waals surface area contributed by atoms with Crippen molar-refractivity contribution in [2.75, 3.05) is 31.1 Å². The second kappa shape index (κ2) is 7.73. The topological polar surface area (TPSA) is 66.9 Å². The fraction of sp³-hybridized carbons (Fsp3) is 0.316. The summed E-state index contributed by atoms with van der Waals surface area (Å²) in [5, 5.41) is 12.0. The maximum atomic E-state index is 13.4. The lowest BCUT2D eigenvalue weighted by Gasteiger charge is -2.23. The van der Waals surface area contributed by atoms with Crippen LogP contribution in [0.3, 0.4) is 0 Å². The maximum absolute atomic E-state index is 13.4. The van der Waals surface area contributed by atoms with E-state index in [1.807, 2.05) is 33.8 Å². The van der Waals surface area contributed by atoms with E-state index >= 15 is 0 Å². The van der Waals surface area contributed by atoms with Crippen LogP contribution in [0.25, 0.3) is 5.65 Å². The Hall–Kier alpha value is -2.71. The number of anilines is 1. The minimum absolute atomic E-state index is 0.189. The van der Waals surface area contributed by atoms with E-state index in [9.17, 15) is 14.5 Å². The van der Waals surface area contributed by atoms with Crippen LogP contribution in [-0.4, -0.2) is 45.4 Å². The summed E-state index contributed by atoms with van der Waals surface area (Å²) in [6.45, 7) is 3.61. The lowest BCUT2D eigenvalue weighted by Crippen LogP contribution is -2.31. The number of nitro benzene ring substituents is 1. The van der Waals surface area contributed by atoms with Gasteiger partial charge >= 0.3 is 0 Å². The van der Waals surface area contributed by atoms with Gasteiger partial charge < -0.3 is 9.30 Å². The van der Waals surface area contributed by atoms with Gasteiger partial charge in [-0.05, 0) is 30.7 Å². The van der Waals surface area contributed by atoms with Gasteiger partial charge in [0.1, 0.15) is 17.2 Å². The molecule has 0 amide bonds. The van der Waals surface area contributed by atoms with E-state index in [1.165, 1.54) is 12.1 Å². The fourth-order valence-corrected chi connectivity index (χ4v) is 3.77. The van der Waals surface area contributed by atoms with Crippen LogP contribution in [0, 0.1) is 15.9 Å². The molecule has 0 unspecified atom stereocenters. The predicted molar refractivity (Wildman–Crippen MR) is 105 cm³/mol. The second-order valence-corrected chi connectivity index (χ2v) is 7.29.